The molecule has 2 atom stereocenters. The van der Waals surface area contributed by atoms with Crippen LogP contribution in [-0.4, -0.2) is 39.1 Å². The van der Waals surface area contributed by atoms with E-state index in [2.05, 4.69) is 10.3 Å². The zero-order valence-corrected chi connectivity index (χ0v) is 12.3. The van der Waals surface area contributed by atoms with E-state index in [1.807, 2.05) is 0 Å². The van der Waals surface area contributed by atoms with Crippen LogP contribution in [0.3, 0.4) is 0 Å². The van der Waals surface area contributed by atoms with Crippen molar-refractivity contribution >= 4 is 16.8 Å². The van der Waals surface area contributed by atoms with Gasteiger partial charge in [0.05, 0.1) is 30.0 Å². The Labute approximate surface area is 128 Å². The second-order valence-corrected chi connectivity index (χ2v) is 5.84. The number of nitrogens with one attached hydrogen (secondary N) is 1. The molecule has 22 heavy (non-hydrogen) atoms. The maximum atomic E-state index is 12.8. The molecule has 6 heteroatoms. The summed E-state index contributed by atoms with van der Waals surface area (Å²) in [5.41, 5.74) is 2.09. The first-order valence-corrected chi connectivity index (χ1v) is 7.60. The number of fused-ring (bicyclic) bond motifs is 1. The van der Waals surface area contributed by atoms with Crippen molar-refractivity contribution in [3.63, 3.8) is 0 Å². The predicted octanol–water partition coefficient (Wildman–Crippen LogP) is 1.58. The van der Waals surface area contributed by atoms with E-state index in [0.29, 0.717) is 12.0 Å². The van der Waals surface area contributed by atoms with Gasteiger partial charge in [-0.2, -0.15) is 0 Å². The van der Waals surface area contributed by atoms with Crippen LogP contribution in [0, 0.1) is 0 Å². The zero-order chi connectivity index (χ0) is 15.5. The van der Waals surface area contributed by atoms with E-state index in [4.69, 9.17) is 0 Å². The van der Waals surface area contributed by atoms with Gasteiger partial charge in [-0.05, 0) is 37.1 Å². The number of hydrogen-bond donors (Lipinski definition) is 2. The Kier molecular flexibility index (Phi) is 4.49. The number of halogens is 1. The van der Waals surface area contributed by atoms with Gasteiger partial charge in [-0.1, -0.05) is 6.07 Å². The molecule has 1 aromatic heterocycles. The minimum Gasteiger partial charge on any atom is -0.391 e. The van der Waals surface area contributed by atoms with Crippen LogP contribution in [0.15, 0.2) is 24.5 Å². The van der Waals surface area contributed by atoms with Gasteiger partial charge in [0.2, 0.25) is 0 Å². The predicted molar refractivity (Wildman–Crippen MR) is 81.2 cm³/mol. The molecule has 0 amide bonds. The zero-order valence-electron chi connectivity index (χ0n) is 12.3. The summed E-state index contributed by atoms with van der Waals surface area (Å²) in [5.74, 6) is 0.0309. The van der Waals surface area contributed by atoms with Crippen LogP contribution in [0.2, 0.25) is 0 Å². The summed E-state index contributed by atoms with van der Waals surface area (Å²) in [6.45, 7) is 0.493. The molecule has 1 aromatic carbocycles. The number of hydrogen-bond acceptors (Lipinski definition) is 4. The quantitative estimate of drug-likeness (QED) is 0.880. The first kappa shape index (κ1) is 15.1. The number of nitrogens with zero attached hydrogens (tertiary/aromatic N) is 2. The number of imidazole rings is 1. The van der Waals surface area contributed by atoms with E-state index in [1.165, 1.54) is 0 Å². The lowest BCUT2D eigenvalue weighted by Crippen LogP contribution is -2.46. The topological polar surface area (TPSA) is 67.2 Å². The van der Waals surface area contributed by atoms with Gasteiger partial charge in [0.15, 0.2) is 5.78 Å². The number of carbonyl (C=O) groups excluding carboxylic acids is 1. The number of piperidine rings is 1. The SMILES string of the molecule is O=C(C[C@H]1NCCC[C@@H]1O)Cn1cnc2ccc(CF)cc21. The van der Waals surface area contributed by atoms with Crippen LogP contribution < -0.4 is 5.32 Å². The Morgan fingerprint density at radius 2 is 2.36 bits per heavy atom. The average Bonchev–Trinajstić information content (AvgIpc) is 2.91. The fraction of sp³-hybridized carbons (Fsp3) is 0.500. The van der Waals surface area contributed by atoms with Crippen molar-refractivity contribution in [3.05, 3.63) is 30.1 Å². The highest BCUT2D eigenvalue weighted by Gasteiger charge is 2.24. The summed E-state index contributed by atoms with van der Waals surface area (Å²) in [6.07, 6.45) is 3.11. The number of aromatic nitrogens is 2. The number of benzene rings is 1. The van der Waals surface area contributed by atoms with Gasteiger partial charge in [0, 0.05) is 12.5 Å². The summed E-state index contributed by atoms with van der Waals surface area (Å²) in [6, 6.07) is 5.02. The summed E-state index contributed by atoms with van der Waals surface area (Å²) in [5, 5.41) is 13.1. The first-order chi connectivity index (χ1) is 10.7. The van der Waals surface area contributed by atoms with Crippen LogP contribution in [-0.2, 0) is 18.0 Å². The van der Waals surface area contributed by atoms with Crippen LogP contribution >= 0.6 is 0 Å². The van der Waals surface area contributed by atoms with Crippen molar-refractivity contribution < 1.29 is 14.3 Å². The lowest BCUT2D eigenvalue weighted by molar-refractivity contribution is -0.121. The van der Waals surface area contributed by atoms with Crippen LogP contribution in [0.1, 0.15) is 24.8 Å². The molecule has 2 N–H and O–H groups in total. The molecule has 1 saturated heterocycles. The first-order valence-electron chi connectivity index (χ1n) is 7.60. The van der Waals surface area contributed by atoms with E-state index in [9.17, 15) is 14.3 Å². The number of ketones is 1. The van der Waals surface area contributed by atoms with Gasteiger partial charge in [0.25, 0.3) is 0 Å². The second-order valence-electron chi connectivity index (χ2n) is 5.84. The molecule has 5 nitrogen and oxygen atoms in total. The van der Waals surface area contributed by atoms with Gasteiger partial charge >= 0.3 is 0 Å². The highest BCUT2D eigenvalue weighted by molar-refractivity contribution is 5.82. The molecule has 0 saturated carbocycles. The van der Waals surface area contributed by atoms with Crippen molar-refractivity contribution in [1.82, 2.24) is 14.9 Å². The Morgan fingerprint density at radius 1 is 1.50 bits per heavy atom. The second kappa shape index (κ2) is 6.54. The summed E-state index contributed by atoms with van der Waals surface area (Å²) >= 11 is 0. The molecule has 0 aliphatic carbocycles. The summed E-state index contributed by atoms with van der Waals surface area (Å²) < 4.78 is 14.5. The van der Waals surface area contributed by atoms with Crippen molar-refractivity contribution in [3.8, 4) is 0 Å². The third-order valence-corrected chi connectivity index (χ3v) is 4.18. The fourth-order valence-electron chi connectivity index (χ4n) is 2.96. The monoisotopic (exact) mass is 305 g/mol. The van der Waals surface area contributed by atoms with Gasteiger partial charge in [-0.3, -0.25) is 4.79 Å². The molecular formula is C16H20FN3O2. The molecule has 0 spiro atoms. The highest BCUT2D eigenvalue weighted by Crippen LogP contribution is 2.17. The molecule has 1 aliphatic rings. The standard InChI is InChI=1S/C16H20FN3O2/c17-8-11-3-4-13-15(6-11)20(10-19-13)9-12(21)7-14-16(22)2-1-5-18-14/h3-4,6,10,14,16,18,22H,1-2,5,7-9H2/t14-,16+/m1/s1. The lowest BCUT2D eigenvalue weighted by Gasteiger charge is -2.28. The molecule has 2 aromatic rings. The Hall–Kier alpha value is -1.79. The number of rotatable bonds is 5. The molecule has 1 fully saturated rings. The molecule has 0 radical (unpaired) electrons. The third kappa shape index (κ3) is 3.18. The third-order valence-electron chi connectivity index (χ3n) is 4.18. The molecule has 0 unspecified atom stereocenters. The summed E-state index contributed by atoms with van der Waals surface area (Å²) in [4.78, 5) is 16.5. The Balaban J connectivity index is 1.71. The Morgan fingerprint density at radius 3 is 3.14 bits per heavy atom. The van der Waals surface area contributed by atoms with Crippen LogP contribution in [0.25, 0.3) is 11.0 Å². The number of carbonyl (C=O) groups is 1. The molecule has 118 valence electrons. The minimum atomic E-state index is -0.534. The van der Waals surface area contributed by atoms with E-state index < -0.39 is 12.8 Å². The van der Waals surface area contributed by atoms with E-state index in [-0.39, 0.29) is 18.4 Å². The van der Waals surface area contributed by atoms with E-state index >= 15 is 0 Å². The van der Waals surface area contributed by atoms with Crippen molar-refractivity contribution in [1.29, 1.82) is 0 Å². The number of alkyl halides is 1. The van der Waals surface area contributed by atoms with Crippen molar-refractivity contribution in [2.45, 2.75) is 44.6 Å². The molecule has 1 aliphatic heterocycles. The lowest BCUT2D eigenvalue weighted by atomic mass is 9.97. The molecule has 2 heterocycles. The van der Waals surface area contributed by atoms with Gasteiger partial charge in [0.1, 0.15) is 6.67 Å². The van der Waals surface area contributed by atoms with Gasteiger partial charge in [-0.15, -0.1) is 0 Å². The molecule has 3 rings (SSSR count). The Bertz CT molecular complexity index is 670. The smallest absolute Gasteiger partial charge is 0.154 e. The number of Topliss-reactive ketones (excluding diaryl/α,β-unsaturated/α-hetero) is 1. The average molecular weight is 305 g/mol. The molecule has 0 bridgehead atoms. The van der Waals surface area contributed by atoms with Crippen LogP contribution in [0.4, 0.5) is 4.39 Å². The molecular weight excluding hydrogens is 285 g/mol. The van der Waals surface area contributed by atoms with E-state index in [0.717, 1.165) is 30.4 Å². The van der Waals surface area contributed by atoms with Gasteiger partial charge in [-0.25, -0.2) is 9.37 Å². The highest BCUT2D eigenvalue weighted by atomic mass is 19.1. The number of aliphatic hydroxyl groups is 1. The summed E-state index contributed by atoms with van der Waals surface area (Å²) in [7, 11) is 0. The maximum absolute atomic E-state index is 12.8. The minimum absolute atomic E-state index is 0.0309. The maximum Gasteiger partial charge on any atom is 0.154 e. The largest absolute Gasteiger partial charge is 0.391 e. The van der Waals surface area contributed by atoms with Crippen molar-refractivity contribution in [2.75, 3.05) is 6.54 Å². The van der Waals surface area contributed by atoms with Crippen LogP contribution in [0.5, 0.6) is 0 Å². The normalized spacial score (nSPS) is 22.1. The fourth-order valence-corrected chi connectivity index (χ4v) is 2.96. The van der Waals surface area contributed by atoms with E-state index in [1.54, 1.807) is 29.1 Å². The number of aliphatic hydroxyl groups excluding tert-OH is 1. The van der Waals surface area contributed by atoms with Gasteiger partial charge < -0.3 is 15.0 Å². The van der Waals surface area contributed by atoms with Crippen molar-refractivity contribution in [2.24, 2.45) is 0 Å².